The van der Waals surface area contributed by atoms with Gasteiger partial charge < -0.3 is 9.84 Å². The number of alkyl halides is 1. The molecule has 1 rings (SSSR count). The van der Waals surface area contributed by atoms with Crippen molar-refractivity contribution in [3.05, 3.63) is 33.4 Å². The Morgan fingerprint density at radius 2 is 2.18 bits per heavy atom. The van der Waals surface area contributed by atoms with Gasteiger partial charge in [0, 0.05) is 9.81 Å². The molecule has 0 saturated carbocycles. The molecule has 0 spiro atoms. The highest BCUT2D eigenvalue weighted by molar-refractivity contribution is 9.12. The lowest BCUT2D eigenvalue weighted by Gasteiger charge is -2.05. The van der Waals surface area contributed by atoms with Crippen LogP contribution in [0, 0.1) is 0 Å². The fourth-order valence-electron chi connectivity index (χ4n) is 1.35. The number of rotatable bonds is 3. The molecule has 0 aromatic heterocycles. The van der Waals surface area contributed by atoms with Gasteiger partial charge in [-0.3, -0.25) is 0 Å². The molecule has 0 atom stereocenters. The molecule has 0 aromatic rings. The second kappa shape index (κ2) is 6.16. The highest BCUT2D eigenvalue weighted by atomic mass is 79.9. The normalized spacial score (nSPS) is 15.9. The van der Waals surface area contributed by atoms with Crippen molar-refractivity contribution in [2.24, 2.45) is 0 Å². The highest BCUT2D eigenvalue weighted by Gasteiger charge is 2.21. The van der Waals surface area contributed by atoms with Crippen molar-refractivity contribution >= 4 is 43.8 Å². The Hall–Kier alpha value is -0.880. The van der Waals surface area contributed by atoms with Crippen LogP contribution in [0.5, 0.6) is 0 Å². The molecule has 17 heavy (non-hydrogen) atoms. The molecule has 1 aliphatic carbocycles. The molecule has 1 N–H and O–H groups in total. The van der Waals surface area contributed by atoms with E-state index >= 15 is 0 Å². The fraction of sp³-hybridized carbons (Fsp3) is 0.273. The van der Waals surface area contributed by atoms with E-state index in [2.05, 4.69) is 36.6 Å². The monoisotopic (exact) mass is 364 g/mol. The molecule has 0 amide bonds. The van der Waals surface area contributed by atoms with Crippen LogP contribution in [0.25, 0.3) is 0 Å². The van der Waals surface area contributed by atoms with Crippen LogP contribution in [-0.2, 0) is 14.3 Å². The Kier molecular flexibility index (Phi) is 5.14. The molecule has 0 fully saturated rings. The number of halogens is 2. The van der Waals surface area contributed by atoms with E-state index in [0.29, 0.717) is 16.2 Å². The molecule has 0 aromatic carbocycles. The van der Waals surface area contributed by atoms with Gasteiger partial charge in [0.15, 0.2) is 0 Å². The maximum atomic E-state index is 11.6. The Bertz CT molecular complexity index is 446. The van der Waals surface area contributed by atoms with Gasteiger partial charge in [-0.15, -0.1) is 0 Å². The van der Waals surface area contributed by atoms with Gasteiger partial charge in [0.25, 0.3) is 0 Å². The number of esters is 1. The van der Waals surface area contributed by atoms with E-state index < -0.39 is 11.9 Å². The summed E-state index contributed by atoms with van der Waals surface area (Å²) in [6.07, 6.45) is 3.54. The van der Waals surface area contributed by atoms with Crippen LogP contribution in [0.15, 0.2) is 33.4 Å². The van der Waals surface area contributed by atoms with Crippen LogP contribution in [0.2, 0.25) is 0 Å². The first kappa shape index (κ1) is 14.2. The minimum Gasteiger partial charge on any atom is -0.478 e. The van der Waals surface area contributed by atoms with Gasteiger partial charge in [-0.05, 0) is 18.1 Å². The van der Waals surface area contributed by atoms with Gasteiger partial charge in [-0.1, -0.05) is 37.9 Å². The molecule has 92 valence electrons. The predicted molar refractivity (Wildman–Crippen MR) is 70.2 cm³/mol. The van der Waals surface area contributed by atoms with Crippen LogP contribution in [0.1, 0.15) is 6.42 Å². The molecule has 1 aliphatic rings. The number of carbonyl (C=O) groups excluding carboxylic acids is 1. The number of aliphatic carboxylic acids is 1. The minimum atomic E-state index is -1.09. The number of methoxy groups -OCH3 is 1. The van der Waals surface area contributed by atoms with Crippen molar-refractivity contribution in [1.29, 1.82) is 0 Å². The van der Waals surface area contributed by atoms with E-state index in [9.17, 15) is 9.59 Å². The zero-order valence-corrected chi connectivity index (χ0v) is 12.2. The van der Waals surface area contributed by atoms with E-state index in [0.717, 1.165) is 5.57 Å². The zero-order valence-electron chi connectivity index (χ0n) is 9.00. The number of carboxylic acid groups (broad SMARTS) is 1. The van der Waals surface area contributed by atoms with Crippen LogP contribution in [0.3, 0.4) is 0 Å². The van der Waals surface area contributed by atoms with Gasteiger partial charge in [0.1, 0.15) is 0 Å². The van der Waals surface area contributed by atoms with E-state index in [1.54, 1.807) is 6.08 Å². The van der Waals surface area contributed by atoms with Crippen molar-refractivity contribution in [2.75, 3.05) is 12.4 Å². The lowest BCUT2D eigenvalue weighted by molar-refractivity contribution is -0.135. The van der Waals surface area contributed by atoms with E-state index in [1.807, 2.05) is 0 Å². The zero-order chi connectivity index (χ0) is 13.0. The van der Waals surface area contributed by atoms with E-state index in [4.69, 9.17) is 5.11 Å². The maximum absolute atomic E-state index is 11.6. The van der Waals surface area contributed by atoms with Crippen LogP contribution in [-0.4, -0.2) is 29.5 Å². The Morgan fingerprint density at radius 3 is 2.65 bits per heavy atom. The standard InChI is InChI=1S/C11H10Br2O4/c1-17-11(16)7-4-8(10(14)15)9(13)3-2-6(7)5-12/h3-4H,2,5H2,1H3,(H,14,15). The number of allylic oxidation sites excluding steroid dienone is 2. The quantitative estimate of drug-likeness (QED) is 0.616. The van der Waals surface area contributed by atoms with Gasteiger partial charge in [-0.25, -0.2) is 9.59 Å². The Balaban J connectivity index is 3.33. The van der Waals surface area contributed by atoms with Crippen LogP contribution < -0.4 is 0 Å². The van der Waals surface area contributed by atoms with Gasteiger partial charge in [0.2, 0.25) is 0 Å². The first-order valence-electron chi connectivity index (χ1n) is 4.68. The number of carboxylic acids is 1. The average molecular weight is 366 g/mol. The number of hydrogen-bond donors (Lipinski definition) is 1. The van der Waals surface area contributed by atoms with Crippen molar-refractivity contribution in [3.8, 4) is 0 Å². The summed E-state index contributed by atoms with van der Waals surface area (Å²) in [5, 5.41) is 9.52. The number of carbonyl (C=O) groups is 2. The van der Waals surface area contributed by atoms with Crippen molar-refractivity contribution in [2.45, 2.75) is 6.42 Å². The maximum Gasteiger partial charge on any atom is 0.337 e. The highest BCUT2D eigenvalue weighted by Crippen LogP contribution is 2.28. The summed E-state index contributed by atoms with van der Waals surface area (Å²) in [5.74, 6) is -1.63. The summed E-state index contributed by atoms with van der Waals surface area (Å²) >= 11 is 6.45. The third-order valence-corrected chi connectivity index (χ3v) is 3.68. The van der Waals surface area contributed by atoms with E-state index in [1.165, 1.54) is 13.2 Å². The van der Waals surface area contributed by atoms with Crippen LogP contribution >= 0.6 is 31.9 Å². The second-order valence-corrected chi connectivity index (χ2v) is 4.68. The molecule has 0 saturated heterocycles. The fourth-order valence-corrected chi connectivity index (χ4v) is 2.33. The lowest BCUT2D eigenvalue weighted by Crippen LogP contribution is -2.08. The summed E-state index contributed by atoms with van der Waals surface area (Å²) in [5.41, 5.74) is 1.11. The molecule has 0 heterocycles. The summed E-state index contributed by atoms with van der Waals surface area (Å²) in [6, 6.07) is 0. The molecule has 6 heteroatoms. The third kappa shape index (κ3) is 3.29. The predicted octanol–water partition coefficient (Wildman–Crippen LogP) is 2.54. The molecule has 0 aliphatic heterocycles. The second-order valence-electron chi connectivity index (χ2n) is 3.26. The van der Waals surface area contributed by atoms with Gasteiger partial charge in [-0.2, -0.15) is 0 Å². The first-order valence-corrected chi connectivity index (χ1v) is 6.60. The van der Waals surface area contributed by atoms with Crippen molar-refractivity contribution < 1.29 is 19.4 Å². The summed E-state index contributed by atoms with van der Waals surface area (Å²) in [4.78, 5) is 22.6. The lowest BCUT2D eigenvalue weighted by atomic mass is 10.1. The number of ether oxygens (including phenoxy) is 1. The largest absolute Gasteiger partial charge is 0.478 e. The average Bonchev–Trinajstić information content (AvgIpc) is 2.47. The Labute approximate surface area is 115 Å². The van der Waals surface area contributed by atoms with Gasteiger partial charge in [0.05, 0.1) is 18.3 Å². The molecule has 4 nitrogen and oxygen atoms in total. The topological polar surface area (TPSA) is 63.6 Å². The molecular formula is C11H10Br2O4. The summed E-state index contributed by atoms with van der Waals surface area (Å²) < 4.78 is 5.11. The van der Waals surface area contributed by atoms with Crippen molar-refractivity contribution in [1.82, 2.24) is 0 Å². The number of hydrogen-bond acceptors (Lipinski definition) is 3. The van der Waals surface area contributed by atoms with Gasteiger partial charge >= 0.3 is 11.9 Å². The van der Waals surface area contributed by atoms with Crippen molar-refractivity contribution in [3.63, 3.8) is 0 Å². The van der Waals surface area contributed by atoms with E-state index in [-0.39, 0.29) is 11.1 Å². The first-order chi connectivity index (χ1) is 8.01. The SMILES string of the molecule is COC(=O)C1=C(CBr)CC=C(Br)C(C(=O)O)=C1. The molecule has 0 bridgehead atoms. The minimum absolute atomic E-state index is 0.0429. The molecule has 0 unspecified atom stereocenters. The van der Waals surface area contributed by atoms with Crippen LogP contribution in [0.4, 0.5) is 0 Å². The smallest absolute Gasteiger partial charge is 0.337 e. The summed E-state index contributed by atoms with van der Waals surface area (Å²) in [7, 11) is 1.27. The third-order valence-electron chi connectivity index (χ3n) is 2.25. The molecule has 0 radical (unpaired) electrons. The molecular weight excluding hydrogens is 356 g/mol. The Morgan fingerprint density at radius 1 is 1.53 bits per heavy atom. The summed E-state index contributed by atoms with van der Waals surface area (Å²) in [6.45, 7) is 0.